The van der Waals surface area contributed by atoms with E-state index in [1.807, 2.05) is 18.2 Å². The Morgan fingerprint density at radius 1 is 1.40 bits per heavy atom. The molecule has 0 radical (unpaired) electrons. The zero-order chi connectivity index (χ0) is 14.4. The minimum atomic E-state index is 0.111. The van der Waals surface area contributed by atoms with Gasteiger partial charge in [-0.15, -0.1) is 0 Å². The number of hydrogen-bond acceptors (Lipinski definition) is 3. The molecule has 0 amide bonds. The van der Waals surface area contributed by atoms with Crippen molar-refractivity contribution in [2.75, 3.05) is 26.7 Å². The van der Waals surface area contributed by atoms with E-state index < -0.39 is 0 Å². The predicted molar refractivity (Wildman–Crippen MR) is 87.1 cm³/mol. The third-order valence-electron chi connectivity index (χ3n) is 3.83. The number of thiocarbonyl (C=S) groups is 1. The molecule has 0 saturated carbocycles. The number of hydrogen-bond donors (Lipinski definition) is 1. The quantitative estimate of drug-likeness (QED) is 0.818. The van der Waals surface area contributed by atoms with Gasteiger partial charge in [-0.2, -0.15) is 0 Å². The van der Waals surface area contributed by atoms with Gasteiger partial charge in [0.15, 0.2) is 0 Å². The van der Waals surface area contributed by atoms with Crippen molar-refractivity contribution >= 4 is 17.2 Å². The highest BCUT2D eigenvalue weighted by atomic mass is 32.1. The SMILES string of the molecule is CN(CC1CCCCO1)CC(C(N)=S)c1ccccc1. The van der Waals surface area contributed by atoms with Crippen LogP contribution in [0.5, 0.6) is 0 Å². The molecule has 0 spiro atoms. The molecule has 0 aromatic heterocycles. The summed E-state index contributed by atoms with van der Waals surface area (Å²) in [7, 11) is 2.12. The molecule has 2 rings (SSSR count). The van der Waals surface area contributed by atoms with E-state index in [0.717, 1.165) is 26.1 Å². The van der Waals surface area contributed by atoms with Crippen molar-refractivity contribution in [2.45, 2.75) is 31.3 Å². The van der Waals surface area contributed by atoms with Crippen molar-refractivity contribution in [3.8, 4) is 0 Å². The Hall–Kier alpha value is -0.970. The number of benzene rings is 1. The Kier molecular flexibility index (Phi) is 5.95. The van der Waals surface area contributed by atoms with E-state index in [4.69, 9.17) is 22.7 Å². The molecule has 2 atom stereocenters. The van der Waals surface area contributed by atoms with E-state index in [2.05, 4.69) is 24.1 Å². The summed E-state index contributed by atoms with van der Waals surface area (Å²) in [5.74, 6) is 0.111. The molecule has 1 heterocycles. The lowest BCUT2D eigenvalue weighted by Crippen LogP contribution is -2.38. The molecule has 3 nitrogen and oxygen atoms in total. The lowest BCUT2D eigenvalue weighted by Gasteiger charge is -2.29. The Morgan fingerprint density at radius 2 is 2.15 bits per heavy atom. The molecule has 0 aliphatic carbocycles. The minimum absolute atomic E-state index is 0.111. The van der Waals surface area contributed by atoms with E-state index in [1.54, 1.807) is 0 Å². The Labute approximate surface area is 127 Å². The highest BCUT2D eigenvalue weighted by molar-refractivity contribution is 7.80. The van der Waals surface area contributed by atoms with E-state index in [-0.39, 0.29) is 5.92 Å². The topological polar surface area (TPSA) is 38.5 Å². The maximum absolute atomic E-state index is 5.92. The van der Waals surface area contributed by atoms with Crippen LogP contribution in [0.3, 0.4) is 0 Å². The van der Waals surface area contributed by atoms with Crippen LogP contribution in [-0.4, -0.2) is 42.7 Å². The molecule has 1 aliphatic rings. The summed E-state index contributed by atoms with van der Waals surface area (Å²) >= 11 is 5.24. The standard InChI is InChI=1S/C16H24N2OS/c1-18(11-14-9-5-6-10-19-14)12-15(16(17)20)13-7-3-2-4-8-13/h2-4,7-8,14-15H,5-6,9-12H2,1H3,(H2,17,20). The third kappa shape index (κ3) is 4.54. The molecule has 2 N–H and O–H groups in total. The van der Waals surface area contributed by atoms with Crippen molar-refractivity contribution in [2.24, 2.45) is 5.73 Å². The fourth-order valence-electron chi connectivity index (χ4n) is 2.73. The van der Waals surface area contributed by atoms with Crippen molar-refractivity contribution in [1.29, 1.82) is 0 Å². The van der Waals surface area contributed by atoms with Gasteiger partial charge in [0.05, 0.1) is 11.1 Å². The van der Waals surface area contributed by atoms with Crippen LogP contribution < -0.4 is 5.73 Å². The Morgan fingerprint density at radius 3 is 2.75 bits per heavy atom. The van der Waals surface area contributed by atoms with Gasteiger partial charge in [-0.3, -0.25) is 0 Å². The predicted octanol–water partition coefficient (Wildman–Crippen LogP) is 2.56. The highest BCUT2D eigenvalue weighted by Gasteiger charge is 2.20. The number of likely N-dealkylation sites (N-methyl/N-ethyl adjacent to an activating group) is 1. The van der Waals surface area contributed by atoms with Crippen LogP contribution in [0.4, 0.5) is 0 Å². The average molecular weight is 292 g/mol. The highest BCUT2D eigenvalue weighted by Crippen LogP contribution is 2.19. The summed E-state index contributed by atoms with van der Waals surface area (Å²) in [6, 6.07) is 10.3. The summed E-state index contributed by atoms with van der Waals surface area (Å²) in [6.07, 6.45) is 3.99. The molecule has 1 fully saturated rings. The Bertz CT molecular complexity index is 418. The van der Waals surface area contributed by atoms with Gasteiger partial charge in [0.25, 0.3) is 0 Å². The monoisotopic (exact) mass is 292 g/mol. The van der Waals surface area contributed by atoms with Crippen LogP contribution >= 0.6 is 12.2 Å². The van der Waals surface area contributed by atoms with Crippen LogP contribution in [-0.2, 0) is 4.74 Å². The van der Waals surface area contributed by atoms with E-state index in [9.17, 15) is 0 Å². The fraction of sp³-hybridized carbons (Fsp3) is 0.562. The molecule has 1 aromatic carbocycles. The first-order valence-corrected chi connectivity index (χ1v) is 7.72. The number of nitrogens with zero attached hydrogens (tertiary/aromatic N) is 1. The molecule has 2 unspecified atom stereocenters. The summed E-state index contributed by atoms with van der Waals surface area (Å²) in [5, 5.41) is 0. The molecule has 0 bridgehead atoms. The number of ether oxygens (including phenoxy) is 1. The van der Waals surface area contributed by atoms with E-state index in [0.29, 0.717) is 11.1 Å². The van der Waals surface area contributed by atoms with Crippen molar-refractivity contribution < 1.29 is 4.74 Å². The Balaban J connectivity index is 1.92. The van der Waals surface area contributed by atoms with Gasteiger partial charge in [0, 0.05) is 25.6 Å². The molecule has 1 saturated heterocycles. The van der Waals surface area contributed by atoms with Gasteiger partial charge in [0.1, 0.15) is 0 Å². The molecule has 4 heteroatoms. The van der Waals surface area contributed by atoms with Crippen LogP contribution in [0, 0.1) is 0 Å². The summed E-state index contributed by atoms with van der Waals surface area (Å²) < 4.78 is 5.79. The minimum Gasteiger partial charge on any atom is -0.393 e. The van der Waals surface area contributed by atoms with Crippen LogP contribution in [0.2, 0.25) is 0 Å². The second kappa shape index (κ2) is 7.72. The smallest absolute Gasteiger partial charge is 0.0816 e. The molecule has 1 aliphatic heterocycles. The largest absolute Gasteiger partial charge is 0.393 e. The first kappa shape index (κ1) is 15.4. The fourth-order valence-corrected chi connectivity index (χ4v) is 2.94. The molecular formula is C16H24N2OS. The van der Waals surface area contributed by atoms with E-state index >= 15 is 0 Å². The maximum atomic E-state index is 5.92. The molecular weight excluding hydrogens is 268 g/mol. The first-order valence-electron chi connectivity index (χ1n) is 7.31. The lowest BCUT2D eigenvalue weighted by molar-refractivity contribution is -0.00153. The molecule has 20 heavy (non-hydrogen) atoms. The van der Waals surface area contributed by atoms with Gasteiger partial charge in [0.2, 0.25) is 0 Å². The normalized spacial score (nSPS) is 20.8. The average Bonchev–Trinajstić information content (AvgIpc) is 2.46. The van der Waals surface area contributed by atoms with Gasteiger partial charge in [-0.25, -0.2) is 0 Å². The summed E-state index contributed by atoms with van der Waals surface area (Å²) in [5.41, 5.74) is 7.11. The number of nitrogens with two attached hydrogens (primary N) is 1. The third-order valence-corrected chi connectivity index (χ3v) is 4.11. The van der Waals surface area contributed by atoms with Crippen molar-refractivity contribution in [1.82, 2.24) is 4.90 Å². The molecule has 1 aromatic rings. The number of rotatable bonds is 6. The zero-order valence-corrected chi connectivity index (χ0v) is 12.9. The van der Waals surface area contributed by atoms with Crippen molar-refractivity contribution in [3.63, 3.8) is 0 Å². The zero-order valence-electron chi connectivity index (χ0n) is 12.1. The summed E-state index contributed by atoms with van der Waals surface area (Å²) in [4.78, 5) is 2.85. The molecule has 110 valence electrons. The van der Waals surface area contributed by atoms with Gasteiger partial charge < -0.3 is 15.4 Å². The maximum Gasteiger partial charge on any atom is 0.0816 e. The lowest BCUT2D eigenvalue weighted by atomic mass is 9.98. The van der Waals surface area contributed by atoms with Crippen molar-refractivity contribution in [3.05, 3.63) is 35.9 Å². The van der Waals surface area contributed by atoms with Gasteiger partial charge in [-0.1, -0.05) is 42.5 Å². The first-order chi connectivity index (χ1) is 9.66. The second-order valence-electron chi connectivity index (χ2n) is 5.58. The van der Waals surface area contributed by atoms with E-state index in [1.165, 1.54) is 18.4 Å². The van der Waals surface area contributed by atoms with Crippen LogP contribution in [0.1, 0.15) is 30.7 Å². The second-order valence-corrected chi connectivity index (χ2v) is 6.05. The van der Waals surface area contributed by atoms with Crippen LogP contribution in [0.25, 0.3) is 0 Å². The van der Waals surface area contributed by atoms with Crippen LogP contribution in [0.15, 0.2) is 30.3 Å². The van der Waals surface area contributed by atoms with Gasteiger partial charge in [-0.05, 0) is 31.9 Å². The summed E-state index contributed by atoms with van der Waals surface area (Å²) in [6.45, 7) is 2.70. The van der Waals surface area contributed by atoms with Gasteiger partial charge >= 0.3 is 0 Å².